The summed E-state index contributed by atoms with van der Waals surface area (Å²) in [5.41, 5.74) is 1.28. The molecule has 0 N–H and O–H groups in total. The van der Waals surface area contributed by atoms with Crippen molar-refractivity contribution in [3.63, 3.8) is 0 Å². The van der Waals surface area contributed by atoms with Crippen LogP contribution >= 0.6 is 0 Å². The fraction of sp³-hybridized carbons (Fsp3) is 0.125. The smallest absolute Gasteiger partial charge is 0.0257 e. The molecule has 0 saturated heterocycles. The molecule has 1 aromatic rings. The van der Waals surface area contributed by atoms with Crippen LogP contribution in [0, 0.1) is 0 Å². The SMILES string of the molecule is CCC=CC=C1C=CC=C1.c1ccccc1. The molecule has 16 heavy (non-hydrogen) atoms. The molecule has 1 aliphatic carbocycles. The molecule has 0 fully saturated rings. The summed E-state index contributed by atoms with van der Waals surface area (Å²) in [6, 6.07) is 12.0. The van der Waals surface area contributed by atoms with Crippen LogP contribution in [0.3, 0.4) is 0 Å². The summed E-state index contributed by atoms with van der Waals surface area (Å²) in [6.07, 6.45) is 15.8. The van der Waals surface area contributed by atoms with Crippen molar-refractivity contribution in [2.45, 2.75) is 13.3 Å². The predicted octanol–water partition coefficient (Wildman–Crippen LogP) is 4.69. The molecule has 82 valence electrons. The van der Waals surface area contributed by atoms with E-state index in [2.05, 4.69) is 37.3 Å². The Balaban J connectivity index is 0.000000181. The van der Waals surface area contributed by atoms with Crippen LogP contribution in [0.1, 0.15) is 13.3 Å². The van der Waals surface area contributed by atoms with Crippen LogP contribution in [0.15, 0.2) is 84.5 Å². The van der Waals surface area contributed by atoms with Crippen LogP contribution < -0.4 is 0 Å². The normalized spacial score (nSPS) is 12.7. The first-order valence-corrected chi connectivity index (χ1v) is 5.65. The van der Waals surface area contributed by atoms with E-state index in [9.17, 15) is 0 Å². The van der Waals surface area contributed by atoms with Gasteiger partial charge in [-0.25, -0.2) is 0 Å². The van der Waals surface area contributed by atoms with Crippen molar-refractivity contribution in [2.75, 3.05) is 0 Å². The van der Waals surface area contributed by atoms with Crippen LogP contribution in [0.25, 0.3) is 0 Å². The summed E-state index contributed by atoms with van der Waals surface area (Å²) in [5, 5.41) is 0. The predicted molar refractivity (Wildman–Crippen MR) is 72.2 cm³/mol. The number of hydrogen-bond donors (Lipinski definition) is 0. The van der Waals surface area contributed by atoms with E-state index in [0.29, 0.717) is 0 Å². The summed E-state index contributed by atoms with van der Waals surface area (Å²) >= 11 is 0. The van der Waals surface area contributed by atoms with E-state index in [0.717, 1.165) is 6.42 Å². The second kappa shape index (κ2) is 8.49. The van der Waals surface area contributed by atoms with Gasteiger partial charge in [-0.3, -0.25) is 0 Å². The molecule has 0 heterocycles. The maximum absolute atomic E-state index is 2.15. The van der Waals surface area contributed by atoms with E-state index in [-0.39, 0.29) is 0 Å². The molecule has 0 radical (unpaired) electrons. The molecule has 0 nitrogen and oxygen atoms in total. The van der Waals surface area contributed by atoms with Gasteiger partial charge in [0.1, 0.15) is 0 Å². The van der Waals surface area contributed by atoms with E-state index in [1.807, 2.05) is 48.6 Å². The van der Waals surface area contributed by atoms with Gasteiger partial charge >= 0.3 is 0 Å². The van der Waals surface area contributed by atoms with Crippen molar-refractivity contribution >= 4 is 0 Å². The van der Waals surface area contributed by atoms with Gasteiger partial charge < -0.3 is 0 Å². The van der Waals surface area contributed by atoms with Gasteiger partial charge in [0, 0.05) is 0 Å². The van der Waals surface area contributed by atoms with E-state index in [1.165, 1.54) is 5.57 Å². The number of allylic oxidation sites excluding steroid dienone is 8. The van der Waals surface area contributed by atoms with Crippen molar-refractivity contribution in [1.82, 2.24) is 0 Å². The standard InChI is InChI=1S/C10H12.C6H6/c1-2-3-4-7-10-8-5-6-9-10;1-2-4-6-5-3-1/h3-9H,2H2,1H3;1-6H. The van der Waals surface area contributed by atoms with E-state index in [4.69, 9.17) is 0 Å². The molecule has 1 aliphatic rings. The van der Waals surface area contributed by atoms with Gasteiger partial charge in [0.05, 0.1) is 0 Å². The van der Waals surface area contributed by atoms with Gasteiger partial charge in [-0.05, 0) is 12.0 Å². The maximum Gasteiger partial charge on any atom is -0.0257 e. The average Bonchev–Trinajstić information content (AvgIpc) is 2.86. The van der Waals surface area contributed by atoms with Crippen molar-refractivity contribution in [3.8, 4) is 0 Å². The largest absolute Gasteiger partial charge is 0.0848 e. The van der Waals surface area contributed by atoms with E-state index in [1.54, 1.807) is 0 Å². The molecular weight excluding hydrogens is 192 g/mol. The molecule has 0 atom stereocenters. The average molecular weight is 210 g/mol. The molecular formula is C16H18. The zero-order chi connectivity index (χ0) is 11.5. The molecule has 0 unspecified atom stereocenters. The van der Waals surface area contributed by atoms with Gasteiger partial charge in [-0.2, -0.15) is 0 Å². The van der Waals surface area contributed by atoms with Crippen LogP contribution in [-0.2, 0) is 0 Å². The highest BCUT2D eigenvalue weighted by Crippen LogP contribution is 2.06. The molecule has 0 saturated carbocycles. The van der Waals surface area contributed by atoms with Gasteiger partial charge in [0.15, 0.2) is 0 Å². The lowest BCUT2D eigenvalue weighted by Gasteiger charge is -1.82. The highest BCUT2D eigenvalue weighted by atomic mass is 13.9. The lowest BCUT2D eigenvalue weighted by molar-refractivity contribution is 1.22. The van der Waals surface area contributed by atoms with E-state index >= 15 is 0 Å². The third kappa shape index (κ3) is 5.82. The first-order chi connectivity index (χ1) is 7.93. The fourth-order valence-corrected chi connectivity index (χ4v) is 1.20. The van der Waals surface area contributed by atoms with Crippen molar-refractivity contribution in [1.29, 1.82) is 0 Å². The molecule has 1 aromatic carbocycles. The first-order valence-electron chi connectivity index (χ1n) is 5.65. The molecule has 2 rings (SSSR count). The van der Waals surface area contributed by atoms with Crippen molar-refractivity contribution in [3.05, 3.63) is 84.5 Å². The summed E-state index contributed by atoms with van der Waals surface area (Å²) in [7, 11) is 0. The van der Waals surface area contributed by atoms with Crippen LogP contribution in [0.5, 0.6) is 0 Å². The Morgan fingerprint density at radius 3 is 1.81 bits per heavy atom. The van der Waals surface area contributed by atoms with Gasteiger partial charge in [-0.15, -0.1) is 0 Å². The minimum atomic E-state index is 1.11. The Morgan fingerprint density at radius 2 is 1.38 bits per heavy atom. The second-order valence-electron chi connectivity index (χ2n) is 3.38. The van der Waals surface area contributed by atoms with Crippen LogP contribution in [0.2, 0.25) is 0 Å². The molecule has 0 aliphatic heterocycles. The summed E-state index contributed by atoms with van der Waals surface area (Å²) in [6.45, 7) is 2.13. The lowest BCUT2D eigenvalue weighted by Crippen LogP contribution is -1.62. The first kappa shape index (κ1) is 12.3. The highest BCUT2D eigenvalue weighted by Gasteiger charge is 1.86. The van der Waals surface area contributed by atoms with Crippen molar-refractivity contribution in [2.24, 2.45) is 0 Å². The van der Waals surface area contributed by atoms with Gasteiger partial charge in [-0.1, -0.05) is 85.9 Å². The van der Waals surface area contributed by atoms with Crippen LogP contribution in [0.4, 0.5) is 0 Å². The molecule has 0 aromatic heterocycles. The molecule has 0 heteroatoms. The quantitative estimate of drug-likeness (QED) is 0.664. The third-order valence-corrected chi connectivity index (χ3v) is 2.02. The zero-order valence-electron chi connectivity index (χ0n) is 9.71. The monoisotopic (exact) mass is 210 g/mol. The molecule has 0 bridgehead atoms. The minimum Gasteiger partial charge on any atom is -0.0848 e. The summed E-state index contributed by atoms with van der Waals surface area (Å²) in [4.78, 5) is 0. The Bertz CT molecular complexity index is 337. The zero-order valence-corrected chi connectivity index (χ0v) is 9.71. The van der Waals surface area contributed by atoms with Gasteiger partial charge in [0.2, 0.25) is 0 Å². The number of benzene rings is 1. The Labute approximate surface area is 98.3 Å². The Kier molecular flexibility index (Phi) is 6.50. The third-order valence-electron chi connectivity index (χ3n) is 2.02. The van der Waals surface area contributed by atoms with E-state index < -0.39 is 0 Å². The van der Waals surface area contributed by atoms with Gasteiger partial charge in [0.25, 0.3) is 0 Å². The Hall–Kier alpha value is -1.82. The number of hydrogen-bond acceptors (Lipinski definition) is 0. The fourth-order valence-electron chi connectivity index (χ4n) is 1.20. The maximum atomic E-state index is 2.15. The Morgan fingerprint density at radius 1 is 0.875 bits per heavy atom. The molecule has 0 amide bonds. The number of rotatable bonds is 2. The summed E-state index contributed by atoms with van der Waals surface area (Å²) in [5.74, 6) is 0. The minimum absolute atomic E-state index is 1.11. The topological polar surface area (TPSA) is 0 Å². The lowest BCUT2D eigenvalue weighted by atomic mass is 10.2. The van der Waals surface area contributed by atoms with Crippen LogP contribution in [-0.4, -0.2) is 0 Å². The van der Waals surface area contributed by atoms with Crippen molar-refractivity contribution < 1.29 is 0 Å². The second-order valence-corrected chi connectivity index (χ2v) is 3.38. The summed E-state index contributed by atoms with van der Waals surface area (Å²) < 4.78 is 0. The highest BCUT2D eigenvalue weighted by molar-refractivity contribution is 5.41. The molecule has 0 spiro atoms.